The number of fused-ring (bicyclic) bond motifs is 1. The number of para-hydroxylation sites is 1. The van der Waals surface area contributed by atoms with Gasteiger partial charge in [0.25, 0.3) is 22.4 Å². The van der Waals surface area contributed by atoms with Crippen LogP contribution in [0.4, 0.5) is 5.69 Å². The summed E-state index contributed by atoms with van der Waals surface area (Å²) in [7, 11) is -4.50. The quantitative estimate of drug-likeness (QED) is 0.220. The van der Waals surface area contributed by atoms with E-state index in [4.69, 9.17) is 4.84 Å². The zero-order valence-electron chi connectivity index (χ0n) is 19.5. The first-order valence-corrected chi connectivity index (χ1v) is 13.0. The van der Waals surface area contributed by atoms with Crippen molar-refractivity contribution in [3.63, 3.8) is 0 Å². The lowest BCUT2D eigenvalue weighted by atomic mass is 9.34. The predicted octanol–water partition coefficient (Wildman–Crippen LogP) is 3.06. The normalized spacial score (nSPS) is 21.8. The zero-order chi connectivity index (χ0) is 25.9. The van der Waals surface area contributed by atoms with Crippen molar-refractivity contribution in [2.45, 2.75) is 36.1 Å². The molecule has 0 saturated carbocycles. The van der Waals surface area contributed by atoms with Gasteiger partial charge >= 0.3 is 0 Å². The van der Waals surface area contributed by atoms with Crippen LogP contribution in [0.25, 0.3) is 0 Å². The van der Waals surface area contributed by atoms with Crippen LogP contribution in [-0.4, -0.2) is 54.5 Å². The molecule has 4 rings (SSSR count). The molecule has 2 aromatic rings. The number of rotatable bonds is 9. The highest BCUT2D eigenvalue weighted by Crippen LogP contribution is 2.44. The number of nitro groups is 1. The summed E-state index contributed by atoms with van der Waals surface area (Å²) in [6.45, 7) is 3.58. The van der Waals surface area contributed by atoms with Gasteiger partial charge in [-0.25, -0.2) is 13.7 Å². The molecule has 10 nitrogen and oxygen atoms in total. The zero-order valence-corrected chi connectivity index (χ0v) is 20.3. The fourth-order valence-electron chi connectivity index (χ4n) is 5.14. The van der Waals surface area contributed by atoms with Crippen molar-refractivity contribution in [1.82, 2.24) is 9.37 Å². The Morgan fingerprint density at radius 2 is 1.94 bits per heavy atom. The predicted molar refractivity (Wildman–Crippen MR) is 132 cm³/mol. The van der Waals surface area contributed by atoms with E-state index in [1.165, 1.54) is 18.2 Å². The fraction of sp³-hybridized carbons (Fsp3) is 0.333. The minimum atomic E-state index is -4.50. The number of nitriles is 1. The van der Waals surface area contributed by atoms with Gasteiger partial charge in [0.1, 0.15) is 0 Å². The number of hydrogen-bond acceptors (Lipinski definition) is 7. The SMILES string of the molecule is C=CCN1CC2CC(N(OCc3ccccc3)S(=O)(=O)c3ccccc3[N+](=O)[O-])CB(C#N)C2C1=O. The Hall–Kier alpha value is -3.53. The first-order valence-electron chi connectivity index (χ1n) is 11.5. The second-order valence-corrected chi connectivity index (χ2v) is 10.7. The Morgan fingerprint density at radius 3 is 2.61 bits per heavy atom. The van der Waals surface area contributed by atoms with Crippen molar-refractivity contribution >= 4 is 28.3 Å². The lowest BCUT2D eigenvalue weighted by Crippen LogP contribution is -2.48. The van der Waals surface area contributed by atoms with Gasteiger partial charge in [-0.3, -0.25) is 19.7 Å². The third-order valence-electron chi connectivity index (χ3n) is 6.69. The molecule has 2 saturated heterocycles. The minimum Gasteiger partial charge on any atom is -0.339 e. The van der Waals surface area contributed by atoms with Crippen LogP contribution < -0.4 is 0 Å². The highest BCUT2D eigenvalue weighted by atomic mass is 32.2. The van der Waals surface area contributed by atoms with Gasteiger partial charge in [0.2, 0.25) is 5.91 Å². The van der Waals surface area contributed by atoms with Crippen molar-refractivity contribution in [3.8, 4) is 5.97 Å². The highest BCUT2D eigenvalue weighted by molar-refractivity contribution is 7.89. The third-order valence-corrected chi connectivity index (χ3v) is 8.46. The molecule has 0 aromatic heterocycles. The van der Waals surface area contributed by atoms with Gasteiger partial charge in [-0.2, -0.15) is 0 Å². The summed E-state index contributed by atoms with van der Waals surface area (Å²) in [5.41, 5.74) is 0.142. The number of nitrogens with zero attached hydrogens (tertiary/aromatic N) is 4. The largest absolute Gasteiger partial charge is 0.339 e. The highest BCUT2D eigenvalue weighted by Gasteiger charge is 2.53. The number of nitro benzene ring substituents is 1. The van der Waals surface area contributed by atoms with Crippen molar-refractivity contribution < 1.29 is 23.0 Å². The van der Waals surface area contributed by atoms with Crippen molar-refractivity contribution in [1.29, 1.82) is 5.26 Å². The van der Waals surface area contributed by atoms with Crippen molar-refractivity contribution in [2.75, 3.05) is 13.1 Å². The maximum Gasteiger partial charge on any atom is 0.289 e. The van der Waals surface area contributed by atoms with Crippen LogP contribution in [0.3, 0.4) is 0 Å². The van der Waals surface area contributed by atoms with E-state index in [9.17, 15) is 28.6 Å². The van der Waals surface area contributed by atoms with Crippen LogP contribution in [0.15, 0.2) is 72.1 Å². The van der Waals surface area contributed by atoms with Gasteiger partial charge in [0.15, 0.2) is 4.90 Å². The Bertz CT molecular complexity index is 1300. The van der Waals surface area contributed by atoms with Crippen molar-refractivity contribution in [2.24, 2.45) is 5.92 Å². The number of amides is 1. The van der Waals surface area contributed by atoms with Crippen molar-refractivity contribution in [3.05, 3.63) is 82.9 Å². The Morgan fingerprint density at radius 1 is 1.25 bits per heavy atom. The van der Waals surface area contributed by atoms with E-state index in [1.807, 2.05) is 6.07 Å². The van der Waals surface area contributed by atoms with Crippen LogP contribution in [0.1, 0.15) is 12.0 Å². The Labute approximate surface area is 210 Å². The van der Waals surface area contributed by atoms with Gasteiger partial charge in [0.05, 0.1) is 11.5 Å². The number of hydrogen-bond donors (Lipinski definition) is 0. The number of hydroxylamine groups is 1. The van der Waals surface area contributed by atoms with Crippen LogP contribution in [0.2, 0.25) is 12.1 Å². The molecule has 0 radical (unpaired) electrons. The third kappa shape index (κ3) is 4.90. The van der Waals surface area contributed by atoms with Gasteiger partial charge in [0, 0.05) is 37.0 Å². The maximum atomic E-state index is 13.8. The van der Waals surface area contributed by atoms with Crippen LogP contribution >= 0.6 is 0 Å². The summed E-state index contributed by atoms with van der Waals surface area (Å²) in [6.07, 6.45) is 1.96. The van der Waals surface area contributed by atoms with E-state index in [0.717, 1.165) is 10.5 Å². The molecule has 0 spiro atoms. The van der Waals surface area contributed by atoms with E-state index >= 15 is 0 Å². The average Bonchev–Trinajstić information content (AvgIpc) is 3.19. The van der Waals surface area contributed by atoms with Gasteiger partial charge in [-0.05, 0) is 30.3 Å². The standard InChI is InChI=1S/C24H25BN4O6S/c1-2-12-27-15-19-13-20(14-25(17-26)23(19)24(27)30)29(35-16-18-8-4-3-5-9-18)36(33,34)22-11-7-6-10-21(22)28(31)32/h2-11,19-20,23H,1,12-16H2. The molecule has 1 amide bonds. The van der Waals surface area contributed by atoms with Gasteiger partial charge < -0.3 is 4.90 Å². The monoisotopic (exact) mass is 508 g/mol. The molecule has 36 heavy (non-hydrogen) atoms. The number of benzene rings is 2. The second kappa shape index (κ2) is 10.6. The summed E-state index contributed by atoms with van der Waals surface area (Å²) in [5, 5.41) is 21.5. The molecule has 2 heterocycles. The molecule has 2 fully saturated rings. The van der Waals surface area contributed by atoms with E-state index in [1.54, 1.807) is 35.2 Å². The van der Waals surface area contributed by atoms with E-state index < -0.39 is 44.1 Å². The second-order valence-electron chi connectivity index (χ2n) is 8.92. The molecular weight excluding hydrogens is 483 g/mol. The fourth-order valence-corrected chi connectivity index (χ4v) is 6.75. The first kappa shape index (κ1) is 25.6. The lowest BCUT2D eigenvalue weighted by Gasteiger charge is -2.37. The molecular formula is C24H25BN4O6S. The summed E-state index contributed by atoms with van der Waals surface area (Å²) < 4.78 is 28.5. The average molecular weight is 508 g/mol. The maximum absolute atomic E-state index is 13.8. The molecule has 3 unspecified atom stereocenters. The lowest BCUT2D eigenvalue weighted by molar-refractivity contribution is -0.388. The number of carbonyl (C=O) groups excluding carboxylic acids is 1. The molecule has 2 aromatic carbocycles. The van der Waals surface area contributed by atoms with Gasteiger partial charge in [-0.1, -0.05) is 53.0 Å². The van der Waals surface area contributed by atoms with E-state index in [-0.39, 0.29) is 31.2 Å². The summed E-state index contributed by atoms with van der Waals surface area (Å²) >= 11 is 0. The molecule has 0 N–H and O–H groups in total. The number of likely N-dealkylation sites (tertiary alicyclic amines) is 1. The summed E-state index contributed by atoms with van der Waals surface area (Å²) in [5.74, 6) is 1.26. The minimum absolute atomic E-state index is 0.0694. The smallest absolute Gasteiger partial charge is 0.289 e. The Balaban J connectivity index is 1.71. The van der Waals surface area contributed by atoms with Crippen LogP contribution in [0, 0.1) is 27.3 Å². The molecule has 12 heteroatoms. The molecule has 2 aliphatic rings. The molecule has 3 atom stereocenters. The topological polar surface area (TPSA) is 134 Å². The van der Waals surface area contributed by atoms with Gasteiger partial charge in [-0.15, -0.1) is 6.58 Å². The van der Waals surface area contributed by atoms with E-state index in [0.29, 0.717) is 18.7 Å². The molecule has 0 aliphatic carbocycles. The molecule has 186 valence electrons. The van der Waals surface area contributed by atoms with E-state index in [2.05, 4.69) is 12.5 Å². The Kier molecular flexibility index (Phi) is 7.54. The number of sulfonamides is 1. The molecule has 2 aliphatic heterocycles. The summed E-state index contributed by atoms with van der Waals surface area (Å²) in [4.78, 5) is 30.8. The van der Waals surface area contributed by atoms with Crippen LogP contribution in [-0.2, 0) is 26.3 Å². The number of carbonyl (C=O) groups is 1. The first-order chi connectivity index (χ1) is 17.3. The summed E-state index contributed by atoms with van der Waals surface area (Å²) in [6, 6.07) is 13.2. The van der Waals surface area contributed by atoms with Crippen LogP contribution in [0.5, 0.6) is 0 Å². The molecule has 0 bridgehead atoms.